The van der Waals surface area contributed by atoms with Gasteiger partial charge in [0, 0.05) is 6.20 Å². The van der Waals surface area contributed by atoms with Gasteiger partial charge in [-0.15, -0.1) is 0 Å². The zero-order valence-electron chi connectivity index (χ0n) is 9.37. The number of aliphatic hydroxyl groups is 1. The second-order valence-corrected chi connectivity index (χ2v) is 4.57. The number of hydrogen-bond donors (Lipinski definition) is 2. The number of rotatable bonds is 5. The van der Waals surface area contributed by atoms with Crippen LogP contribution in [0.2, 0.25) is 5.02 Å². The van der Waals surface area contributed by atoms with Gasteiger partial charge in [-0.3, -0.25) is 0 Å². The molecule has 0 saturated heterocycles. The van der Waals surface area contributed by atoms with E-state index < -0.39 is 5.82 Å². The molecule has 0 radical (unpaired) electrons. The average Bonchev–Trinajstić information content (AvgIpc) is 2.20. The number of nitrogens with zero attached hydrogens (tertiary/aromatic N) is 1. The molecule has 1 rings (SSSR count). The Morgan fingerprint density at radius 2 is 2.25 bits per heavy atom. The van der Waals surface area contributed by atoms with E-state index in [-0.39, 0.29) is 23.5 Å². The molecule has 1 atom stereocenters. The zero-order valence-corrected chi connectivity index (χ0v) is 10.1. The van der Waals surface area contributed by atoms with Crippen molar-refractivity contribution in [1.82, 2.24) is 4.98 Å². The van der Waals surface area contributed by atoms with Gasteiger partial charge in [-0.25, -0.2) is 9.37 Å². The lowest BCUT2D eigenvalue weighted by Gasteiger charge is -2.19. The van der Waals surface area contributed by atoms with Crippen molar-refractivity contribution in [2.45, 2.75) is 26.3 Å². The summed E-state index contributed by atoms with van der Waals surface area (Å²) in [6.07, 6.45) is 2.12. The number of aliphatic hydroxyl groups excluding tert-OH is 1. The predicted octanol–water partition coefficient (Wildman–Crippen LogP) is 2.69. The Hall–Kier alpha value is -0.870. The van der Waals surface area contributed by atoms with Crippen molar-refractivity contribution in [3.63, 3.8) is 0 Å². The Morgan fingerprint density at radius 3 is 2.75 bits per heavy atom. The van der Waals surface area contributed by atoms with Crippen LogP contribution < -0.4 is 5.32 Å². The minimum atomic E-state index is -0.505. The van der Waals surface area contributed by atoms with E-state index in [1.54, 1.807) is 0 Å². The molecule has 90 valence electrons. The molecule has 0 amide bonds. The fourth-order valence-electron chi connectivity index (χ4n) is 1.46. The van der Waals surface area contributed by atoms with E-state index in [9.17, 15) is 4.39 Å². The van der Waals surface area contributed by atoms with Crippen molar-refractivity contribution in [3.05, 3.63) is 23.1 Å². The highest BCUT2D eigenvalue weighted by molar-refractivity contribution is 6.30. The largest absolute Gasteiger partial charge is 0.394 e. The van der Waals surface area contributed by atoms with E-state index in [0.717, 1.165) is 6.42 Å². The zero-order chi connectivity index (χ0) is 12.1. The summed E-state index contributed by atoms with van der Waals surface area (Å²) >= 11 is 5.59. The first-order valence-corrected chi connectivity index (χ1v) is 5.59. The van der Waals surface area contributed by atoms with Crippen LogP contribution in [0.3, 0.4) is 0 Å². The van der Waals surface area contributed by atoms with Crippen LogP contribution in [0.25, 0.3) is 0 Å². The molecule has 0 aliphatic heterocycles. The van der Waals surface area contributed by atoms with Gasteiger partial charge in [0.05, 0.1) is 17.7 Å². The third-order valence-electron chi connectivity index (χ3n) is 2.12. The second kappa shape index (κ2) is 6.01. The van der Waals surface area contributed by atoms with E-state index >= 15 is 0 Å². The maximum absolute atomic E-state index is 13.4. The van der Waals surface area contributed by atoms with Crippen LogP contribution in [0, 0.1) is 11.7 Å². The maximum atomic E-state index is 13.4. The normalized spacial score (nSPS) is 12.9. The molecule has 1 heterocycles. The van der Waals surface area contributed by atoms with E-state index in [1.165, 1.54) is 12.3 Å². The summed E-state index contributed by atoms with van der Waals surface area (Å²) < 4.78 is 13.4. The molecule has 0 aliphatic carbocycles. The number of hydrogen-bond acceptors (Lipinski definition) is 3. The standard InChI is InChI=1S/C11H16ClFN2O/c1-7(2)3-9(6-16)15-11-10(13)4-8(12)5-14-11/h4-5,7,9,16H,3,6H2,1-2H3,(H,14,15). The predicted molar refractivity (Wildman–Crippen MR) is 63.2 cm³/mol. The van der Waals surface area contributed by atoms with Crippen LogP contribution in [-0.4, -0.2) is 22.7 Å². The molecular formula is C11H16ClFN2O. The third kappa shape index (κ3) is 3.94. The summed E-state index contributed by atoms with van der Waals surface area (Å²) in [4.78, 5) is 3.84. The minimum absolute atomic E-state index is 0.0536. The Kier molecular flexibility index (Phi) is 4.96. The highest BCUT2D eigenvalue weighted by Gasteiger charge is 2.13. The van der Waals surface area contributed by atoms with Gasteiger partial charge in [0.2, 0.25) is 0 Å². The van der Waals surface area contributed by atoms with Gasteiger partial charge in [0.1, 0.15) is 0 Å². The van der Waals surface area contributed by atoms with Gasteiger partial charge in [-0.05, 0) is 18.4 Å². The molecule has 16 heavy (non-hydrogen) atoms. The topological polar surface area (TPSA) is 45.1 Å². The molecule has 1 unspecified atom stereocenters. The van der Waals surface area contributed by atoms with Gasteiger partial charge in [0.25, 0.3) is 0 Å². The molecule has 0 saturated carbocycles. The van der Waals surface area contributed by atoms with Crippen LogP contribution in [0.1, 0.15) is 20.3 Å². The van der Waals surface area contributed by atoms with Gasteiger partial charge < -0.3 is 10.4 Å². The Balaban J connectivity index is 2.70. The fourth-order valence-corrected chi connectivity index (χ4v) is 1.61. The lowest BCUT2D eigenvalue weighted by atomic mass is 10.0. The minimum Gasteiger partial charge on any atom is -0.394 e. The van der Waals surface area contributed by atoms with Gasteiger partial charge in [-0.2, -0.15) is 0 Å². The van der Waals surface area contributed by atoms with Crippen molar-refractivity contribution in [1.29, 1.82) is 0 Å². The summed E-state index contributed by atoms with van der Waals surface area (Å²) in [5.74, 6) is 0.0406. The lowest BCUT2D eigenvalue weighted by Crippen LogP contribution is -2.26. The fraction of sp³-hybridized carbons (Fsp3) is 0.545. The number of nitrogens with one attached hydrogen (secondary N) is 1. The van der Waals surface area contributed by atoms with Crippen LogP contribution >= 0.6 is 11.6 Å². The van der Waals surface area contributed by atoms with Gasteiger partial charge >= 0.3 is 0 Å². The van der Waals surface area contributed by atoms with Crippen LogP contribution in [-0.2, 0) is 0 Å². The summed E-state index contributed by atoms with van der Waals surface area (Å²) in [7, 11) is 0. The highest BCUT2D eigenvalue weighted by Crippen LogP contribution is 2.17. The van der Waals surface area contributed by atoms with E-state index in [0.29, 0.717) is 5.92 Å². The van der Waals surface area contributed by atoms with Gasteiger partial charge in [-0.1, -0.05) is 25.4 Å². The SMILES string of the molecule is CC(C)CC(CO)Nc1ncc(Cl)cc1F. The molecule has 1 aromatic heterocycles. The lowest BCUT2D eigenvalue weighted by molar-refractivity contribution is 0.259. The molecular weight excluding hydrogens is 231 g/mol. The molecule has 0 spiro atoms. The molecule has 0 fully saturated rings. The molecule has 3 nitrogen and oxygen atoms in total. The number of anilines is 1. The summed E-state index contributed by atoms with van der Waals surface area (Å²) in [6.45, 7) is 4.02. The van der Waals surface area contributed by atoms with Crippen molar-refractivity contribution < 1.29 is 9.50 Å². The first kappa shape index (κ1) is 13.2. The third-order valence-corrected chi connectivity index (χ3v) is 2.33. The Bertz CT molecular complexity index is 347. The average molecular weight is 247 g/mol. The van der Waals surface area contributed by atoms with E-state index in [4.69, 9.17) is 16.7 Å². The first-order chi connectivity index (χ1) is 7.52. The smallest absolute Gasteiger partial charge is 0.166 e. The summed E-state index contributed by atoms with van der Waals surface area (Å²) in [5.41, 5.74) is 0. The molecule has 0 bridgehead atoms. The number of aromatic nitrogens is 1. The maximum Gasteiger partial charge on any atom is 0.166 e. The number of pyridine rings is 1. The van der Waals surface area contributed by atoms with Crippen LogP contribution in [0.4, 0.5) is 10.2 Å². The van der Waals surface area contributed by atoms with Crippen molar-refractivity contribution in [2.75, 3.05) is 11.9 Å². The van der Waals surface area contributed by atoms with Crippen LogP contribution in [0.5, 0.6) is 0 Å². The van der Waals surface area contributed by atoms with Crippen LogP contribution in [0.15, 0.2) is 12.3 Å². The summed E-state index contributed by atoms with van der Waals surface area (Å²) in [6, 6.07) is 1.00. The van der Waals surface area contributed by atoms with E-state index in [1.807, 2.05) is 13.8 Å². The Morgan fingerprint density at radius 1 is 1.56 bits per heavy atom. The first-order valence-electron chi connectivity index (χ1n) is 5.21. The van der Waals surface area contributed by atoms with Gasteiger partial charge in [0.15, 0.2) is 11.6 Å². The molecule has 0 aromatic carbocycles. The highest BCUT2D eigenvalue weighted by atomic mass is 35.5. The van der Waals surface area contributed by atoms with Crippen molar-refractivity contribution >= 4 is 17.4 Å². The summed E-state index contributed by atoms with van der Waals surface area (Å²) in [5, 5.41) is 12.3. The quantitative estimate of drug-likeness (QED) is 0.840. The number of halogens is 2. The van der Waals surface area contributed by atoms with Crippen molar-refractivity contribution in [3.8, 4) is 0 Å². The molecule has 1 aromatic rings. The monoisotopic (exact) mass is 246 g/mol. The van der Waals surface area contributed by atoms with Crippen molar-refractivity contribution in [2.24, 2.45) is 5.92 Å². The molecule has 2 N–H and O–H groups in total. The van der Waals surface area contributed by atoms with E-state index in [2.05, 4.69) is 10.3 Å². The Labute approximate surface area is 99.7 Å². The molecule has 0 aliphatic rings. The molecule has 5 heteroatoms. The second-order valence-electron chi connectivity index (χ2n) is 4.14.